The number of hydrogen-bond acceptors (Lipinski definition) is 6. The van der Waals surface area contributed by atoms with Crippen molar-refractivity contribution in [1.82, 2.24) is 10.3 Å². The van der Waals surface area contributed by atoms with Crippen molar-refractivity contribution in [3.05, 3.63) is 54.7 Å². The maximum Gasteiger partial charge on any atom is 0.305 e. The van der Waals surface area contributed by atoms with Gasteiger partial charge in [-0.3, -0.25) is 4.79 Å². The van der Waals surface area contributed by atoms with Gasteiger partial charge in [-0.2, -0.15) is 0 Å². The van der Waals surface area contributed by atoms with Crippen LogP contribution in [0.5, 0.6) is 23.2 Å². The third kappa shape index (κ3) is 6.25. The van der Waals surface area contributed by atoms with Crippen LogP contribution in [0.4, 0.5) is 0 Å². The summed E-state index contributed by atoms with van der Waals surface area (Å²) in [4.78, 5) is 15.3. The Kier molecular flexibility index (Phi) is 6.40. The lowest BCUT2D eigenvalue weighted by Gasteiger charge is -2.11. The minimum atomic E-state index is -0.125. The fourth-order valence-electron chi connectivity index (χ4n) is 2.98. The van der Waals surface area contributed by atoms with Crippen molar-refractivity contribution in [2.45, 2.75) is 32.7 Å². The first-order valence-corrected chi connectivity index (χ1v) is 10.4. The van der Waals surface area contributed by atoms with Gasteiger partial charge in [0.15, 0.2) is 0 Å². The molecule has 1 aromatic heterocycles. The van der Waals surface area contributed by atoms with E-state index in [-0.39, 0.29) is 11.9 Å². The lowest BCUT2D eigenvalue weighted by molar-refractivity contribution is -0.119. The predicted molar refractivity (Wildman–Crippen MR) is 115 cm³/mol. The number of oxazole rings is 1. The highest BCUT2D eigenvalue weighted by atomic mass is 16.6. The van der Waals surface area contributed by atoms with Crippen LogP contribution in [0, 0.1) is 5.92 Å². The Morgan fingerprint density at radius 1 is 1.13 bits per heavy atom. The normalized spacial score (nSPS) is 14.0. The fraction of sp³-hybridized carbons (Fsp3) is 0.333. The molecule has 0 aliphatic heterocycles. The van der Waals surface area contributed by atoms with E-state index in [0.717, 1.165) is 23.7 Å². The molecular formula is C24H26N2O5. The van der Waals surface area contributed by atoms with Gasteiger partial charge in [-0.1, -0.05) is 6.07 Å². The lowest BCUT2D eigenvalue weighted by atomic mass is 10.2. The summed E-state index contributed by atoms with van der Waals surface area (Å²) in [6.45, 7) is 4.39. The molecule has 162 valence electrons. The second-order valence-electron chi connectivity index (χ2n) is 7.75. The largest absolute Gasteiger partial charge is 0.493 e. The molecule has 0 unspecified atom stereocenters. The van der Waals surface area contributed by atoms with Gasteiger partial charge in [0.2, 0.25) is 11.8 Å². The van der Waals surface area contributed by atoms with Crippen LogP contribution in [0.3, 0.4) is 0 Å². The highest BCUT2D eigenvalue weighted by Crippen LogP contribution is 2.31. The first kappa shape index (κ1) is 20.8. The maximum absolute atomic E-state index is 11.1. The smallest absolute Gasteiger partial charge is 0.305 e. The molecule has 1 N–H and O–H groups in total. The number of hydrogen-bond donors (Lipinski definition) is 1. The summed E-state index contributed by atoms with van der Waals surface area (Å²) in [7, 11) is 0. The van der Waals surface area contributed by atoms with Crippen LogP contribution < -0.4 is 19.5 Å². The fourth-order valence-corrected chi connectivity index (χ4v) is 2.98. The number of carbonyl (C=O) groups excluding carboxylic acids is 1. The average Bonchev–Trinajstić information content (AvgIpc) is 3.47. The molecule has 1 aliphatic rings. The standard InChI is InChI=1S/C24H26N2O5/c1-16(26-17(2)27)14-29-23-13-25-24(31-23)19-8-10-20(11-9-19)30-22-5-3-4-21(12-22)28-15-18-6-7-18/h3-5,8-13,16,18H,6-7,14-15H2,1-2H3,(H,26,27)/t16-/m0/s1. The molecule has 7 heteroatoms. The summed E-state index contributed by atoms with van der Waals surface area (Å²) < 4.78 is 22.9. The Morgan fingerprint density at radius 3 is 2.65 bits per heavy atom. The molecule has 0 saturated heterocycles. The van der Waals surface area contributed by atoms with E-state index in [2.05, 4.69) is 10.3 Å². The Bertz CT molecular complexity index is 1010. The van der Waals surface area contributed by atoms with Crippen LogP contribution in [0.25, 0.3) is 11.5 Å². The van der Waals surface area contributed by atoms with Crippen molar-refractivity contribution >= 4 is 5.91 Å². The number of rotatable bonds is 10. The van der Waals surface area contributed by atoms with E-state index < -0.39 is 0 Å². The lowest BCUT2D eigenvalue weighted by Crippen LogP contribution is -2.35. The third-order valence-corrected chi connectivity index (χ3v) is 4.73. The second kappa shape index (κ2) is 9.55. The topological polar surface area (TPSA) is 82.8 Å². The molecule has 1 amide bonds. The zero-order valence-electron chi connectivity index (χ0n) is 17.7. The minimum absolute atomic E-state index is 0.103. The number of nitrogens with zero attached hydrogens (tertiary/aromatic N) is 1. The SMILES string of the molecule is CC(=O)N[C@@H](C)COc1cnc(-c2ccc(Oc3cccc(OCC4CC4)c3)cc2)o1. The van der Waals surface area contributed by atoms with E-state index in [1.807, 2.05) is 55.5 Å². The Hall–Kier alpha value is -3.48. The Labute approximate surface area is 181 Å². The molecule has 0 spiro atoms. The van der Waals surface area contributed by atoms with E-state index >= 15 is 0 Å². The zero-order valence-corrected chi connectivity index (χ0v) is 17.7. The van der Waals surface area contributed by atoms with Crippen LogP contribution in [0.2, 0.25) is 0 Å². The summed E-state index contributed by atoms with van der Waals surface area (Å²) in [6, 6.07) is 15.0. The highest BCUT2D eigenvalue weighted by molar-refractivity contribution is 5.73. The van der Waals surface area contributed by atoms with Crippen LogP contribution in [-0.4, -0.2) is 30.1 Å². The molecule has 1 atom stereocenters. The summed E-state index contributed by atoms with van der Waals surface area (Å²) in [5.74, 6) is 3.60. The van der Waals surface area contributed by atoms with Crippen LogP contribution >= 0.6 is 0 Å². The number of aromatic nitrogens is 1. The zero-order chi connectivity index (χ0) is 21.6. The highest BCUT2D eigenvalue weighted by Gasteiger charge is 2.21. The predicted octanol–water partition coefficient (Wildman–Crippen LogP) is 4.83. The molecule has 4 rings (SSSR count). The van der Waals surface area contributed by atoms with Crippen molar-refractivity contribution in [2.75, 3.05) is 13.2 Å². The van der Waals surface area contributed by atoms with E-state index in [1.54, 1.807) is 0 Å². The molecule has 0 bridgehead atoms. The molecule has 0 radical (unpaired) electrons. The molecular weight excluding hydrogens is 396 g/mol. The van der Waals surface area contributed by atoms with Crippen molar-refractivity contribution < 1.29 is 23.4 Å². The summed E-state index contributed by atoms with van der Waals surface area (Å²) in [6.07, 6.45) is 4.04. The first-order chi connectivity index (χ1) is 15.0. The van der Waals surface area contributed by atoms with E-state index in [0.29, 0.717) is 30.1 Å². The summed E-state index contributed by atoms with van der Waals surface area (Å²) >= 11 is 0. The van der Waals surface area contributed by atoms with Gasteiger partial charge in [-0.15, -0.1) is 0 Å². The van der Waals surface area contributed by atoms with Crippen molar-refractivity contribution in [1.29, 1.82) is 0 Å². The maximum atomic E-state index is 11.1. The molecule has 2 aromatic carbocycles. The molecule has 1 heterocycles. The van der Waals surface area contributed by atoms with Crippen molar-refractivity contribution in [3.63, 3.8) is 0 Å². The van der Waals surface area contributed by atoms with Gasteiger partial charge in [0, 0.05) is 18.6 Å². The Morgan fingerprint density at radius 2 is 1.90 bits per heavy atom. The molecule has 1 fully saturated rings. The van der Waals surface area contributed by atoms with Crippen molar-refractivity contribution in [2.24, 2.45) is 5.92 Å². The number of ether oxygens (including phenoxy) is 3. The average molecular weight is 422 g/mol. The number of carbonyl (C=O) groups is 1. The summed E-state index contributed by atoms with van der Waals surface area (Å²) in [5, 5.41) is 2.75. The van der Waals surface area contributed by atoms with E-state index in [4.69, 9.17) is 18.6 Å². The first-order valence-electron chi connectivity index (χ1n) is 10.4. The second-order valence-corrected chi connectivity index (χ2v) is 7.75. The van der Waals surface area contributed by atoms with Crippen LogP contribution in [-0.2, 0) is 4.79 Å². The van der Waals surface area contributed by atoms with Gasteiger partial charge in [0.1, 0.15) is 30.1 Å². The van der Waals surface area contributed by atoms with Gasteiger partial charge < -0.3 is 23.9 Å². The van der Waals surface area contributed by atoms with Gasteiger partial charge in [-0.25, -0.2) is 4.98 Å². The van der Waals surface area contributed by atoms with Gasteiger partial charge in [-0.05, 0) is 62.1 Å². The molecule has 31 heavy (non-hydrogen) atoms. The molecule has 7 nitrogen and oxygen atoms in total. The van der Waals surface area contributed by atoms with Gasteiger partial charge in [0.05, 0.1) is 12.6 Å². The molecule has 3 aromatic rings. The minimum Gasteiger partial charge on any atom is -0.493 e. The number of nitrogens with one attached hydrogen (secondary N) is 1. The monoisotopic (exact) mass is 422 g/mol. The summed E-state index contributed by atoms with van der Waals surface area (Å²) in [5.41, 5.74) is 0.804. The van der Waals surface area contributed by atoms with Crippen LogP contribution in [0.1, 0.15) is 26.7 Å². The number of amides is 1. The van der Waals surface area contributed by atoms with Gasteiger partial charge >= 0.3 is 5.95 Å². The van der Waals surface area contributed by atoms with Crippen LogP contribution in [0.15, 0.2) is 59.1 Å². The number of benzene rings is 2. The quantitative estimate of drug-likeness (QED) is 0.504. The van der Waals surface area contributed by atoms with Crippen molar-refractivity contribution in [3.8, 4) is 34.6 Å². The molecule has 1 saturated carbocycles. The Balaban J connectivity index is 1.32. The molecule has 1 aliphatic carbocycles. The third-order valence-electron chi connectivity index (χ3n) is 4.73. The van der Waals surface area contributed by atoms with E-state index in [1.165, 1.54) is 26.0 Å². The van der Waals surface area contributed by atoms with E-state index in [9.17, 15) is 4.79 Å². The van der Waals surface area contributed by atoms with Gasteiger partial charge in [0.25, 0.3) is 0 Å².